The van der Waals surface area contributed by atoms with Gasteiger partial charge in [0.05, 0.1) is 0 Å². The molecule has 0 amide bonds. The SMILES string of the molecule is C=CC(=O)C(O)COC(=O)CC(C)=O. The molecule has 0 aliphatic heterocycles. The first kappa shape index (κ1) is 12.5. The maximum absolute atomic E-state index is 10.8. The highest BCUT2D eigenvalue weighted by atomic mass is 16.5. The Balaban J connectivity index is 3.82. The van der Waals surface area contributed by atoms with Gasteiger partial charge in [-0.1, -0.05) is 6.58 Å². The molecular formula is C9H12O5. The van der Waals surface area contributed by atoms with Gasteiger partial charge in [0.15, 0.2) is 11.9 Å². The Hall–Kier alpha value is -1.49. The molecule has 78 valence electrons. The minimum Gasteiger partial charge on any atom is -0.462 e. The second-order valence-corrected chi connectivity index (χ2v) is 2.68. The number of aliphatic hydroxyl groups is 1. The lowest BCUT2D eigenvalue weighted by atomic mass is 10.2. The summed E-state index contributed by atoms with van der Waals surface area (Å²) in [5.41, 5.74) is 0. The summed E-state index contributed by atoms with van der Waals surface area (Å²) >= 11 is 0. The lowest BCUT2D eigenvalue weighted by Crippen LogP contribution is -2.26. The second-order valence-electron chi connectivity index (χ2n) is 2.68. The van der Waals surface area contributed by atoms with E-state index in [1.54, 1.807) is 0 Å². The summed E-state index contributed by atoms with van der Waals surface area (Å²) in [4.78, 5) is 31.9. The van der Waals surface area contributed by atoms with Crippen LogP contribution in [0.5, 0.6) is 0 Å². The first-order chi connectivity index (χ1) is 6.47. The molecule has 0 spiro atoms. The molecule has 0 saturated heterocycles. The lowest BCUT2D eigenvalue weighted by molar-refractivity contribution is -0.149. The molecule has 0 aliphatic rings. The van der Waals surface area contributed by atoms with Crippen molar-refractivity contribution in [2.45, 2.75) is 19.4 Å². The Labute approximate surface area is 81.4 Å². The van der Waals surface area contributed by atoms with Gasteiger partial charge in [0, 0.05) is 0 Å². The Morgan fingerprint density at radius 3 is 2.50 bits per heavy atom. The summed E-state index contributed by atoms with van der Waals surface area (Å²) in [6, 6.07) is 0. The van der Waals surface area contributed by atoms with Crippen LogP contribution in [0.1, 0.15) is 13.3 Å². The van der Waals surface area contributed by atoms with Gasteiger partial charge in [0.2, 0.25) is 0 Å². The van der Waals surface area contributed by atoms with E-state index in [2.05, 4.69) is 11.3 Å². The van der Waals surface area contributed by atoms with Crippen molar-refractivity contribution in [3.05, 3.63) is 12.7 Å². The molecule has 0 fully saturated rings. The molecule has 5 nitrogen and oxygen atoms in total. The minimum atomic E-state index is -1.40. The molecule has 1 unspecified atom stereocenters. The zero-order valence-corrected chi connectivity index (χ0v) is 7.86. The first-order valence-electron chi connectivity index (χ1n) is 3.96. The summed E-state index contributed by atoms with van der Waals surface area (Å²) in [6.45, 7) is 3.95. The third-order valence-corrected chi connectivity index (χ3v) is 1.33. The predicted octanol–water partition coefficient (Wildman–Crippen LogP) is -0.375. The molecule has 0 rings (SSSR count). The molecule has 0 aromatic heterocycles. The van der Waals surface area contributed by atoms with E-state index < -0.39 is 24.5 Å². The number of Topliss-reactive ketones (excluding diaryl/α,β-unsaturated/α-hetero) is 1. The van der Waals surface area contributed by atoms with E-state index in [-0.39, 0.29) is 12.2 Å². The molecule has 0 aromatic carbocycles. The van der Waals surface area contributed by atoms with Crippen LogP contribution >= 0.6 is 0 Å². The van der Waals surface area contributed by atoms with Gasteiger partial charge in [-0.05, 0) is 13.0 Å². The summed E-state index contributed by atoms with van der Waals surface area (Å²) in [7, 11) is 0. The van der Waals surface area contributed by atoms with Gasteiger partial charge < -0.3 is 9.84 Å². The topological polar surface area (TPSA) is 80.7 Å². The van der Waals surface area contributed by atoms with Gasteiger partial charge in [0.25, 0.3) is 0 Å². The van der Waals surface area contributed by atoms with Crippen LogP contribution in [0.3, 0.4) is 0 Å². The molecule has 0 heterocycles. The van der Waals surface area contributed by atoms with Crippen molar-refractivity contribution >= 4 is 17.5 Å². The quantitative estimate of drug-likeness (QED) is 0.359. The van der Waals surface area contributed by atoms with Crippen LogP contribution < -0.4 is 0 Å². The summed E-state index contributed by atoms with van der Waals surface area (Å²) in [5.74, 6) is -1.71. The molecule has 1 atom stereocenters. The van der Waals surface area contributed by atoms with Gasteiger partial charge >= 0.3 is 5.97 Å². The zero-order valence-electron chi connectivity index (χ0n) is 7.86. The highest BCUT2D eigenvalue weighted by Gasteiger charge is 2.14. The summed E-state index contributed by atoms with van der Waals surface area (Å²) in [6.07, 6.45) is -0.818. The zero-order chi connectivity index (χ0) is 11.1. The van der Waals surface area contributed by atoms with Crippen molar-refractivity contribution in [1.82, 2.24) is 0 Å². The van der Waals surface area contributed by atoms with Crippen molar-refractivity contribution in [2.24, 2.45) is 0 Å². The predicted molar refractivity (Wildman–Crippen MR) is 47.5 cm³/mol. The third-order valence-electron chi connectivity index (χ3n) is 1.33. The van der Waals surface area contributed by atoms with Crippen molar-refractivity contribution in [1.29, 1.82) is 0 Å². The number of hydrogen-bond donors (Lipinski definition) is 1. The average molecular weight is 200 g/mol. The fraction of sp³-hybridized carbons (Fsp3) is 0.444. The van der Waals surface area contributed by atoms with Crippen LogP contribution in [0.4, 0.5) is 0 Å². The maximum atomic E-state index is 10.8. The minimum absolute atomic E-state index is 0.334. The average Bonchev–Trinajstić information content (AvgIpc) is 2.11. The van der Waals surface area contributed by atoms with Crippen LogP contribution in [0.2, 0.25) is 0 Å². The smallest absolute Gasteiger partial charge is 0.313 e. The Morgan fingerprint density at radius 2 is 2.07 bits per heavy atom. The molecule has 0 aromatic rings. The number of esters is 1. The van der Waals surface area contributed by atoms with Gasteiger partial charge in [-0.2, -0.15) is 0 Å². The fourth-order valence-electron chi connectivity index (χ4n) is 0.644. The van der Waals surface area contributed by atoms with Crippen LogP contribution in [-0.4, -0.2) is 35.4 Å². The largest absolute Gasteiger partial charge is 0.462 e. The number of rotatable bonds is 6. The molecule has 5 heteroatoms. The maximum Gasteiger partial charge on any atom is 0.313 e. The van der Waals surface area contributed by atoms with Gasteiger partial charge in [0.1, 0.15) is 18.8 Å². The van der Waals surface area contributed by atoms with E-state index in [1.165, 1.54) is 6.92 Å². The third kappa shape index (κ3) is 5.21. The summed E-state index contributed by atoms with van der Waals surface area (Å²) < 4.78 is 4.46. The van der Waals surface area contributed by atoms with Gasteiger partial charge in [-0.15, -0.1) is 0 Å². The monoisotopic (exact) mass is 200 g/mol. The molecule has 0 aliphatic carbocycles. The standard InChI is InChI=1S/C9H12O5/c1-3-7(11)8(12)5-14-9(13)4-6(2)10/h3,8,12H,1,4-5H2,2H3. The fourth-order valence-corrected chi connectivity index (χ4v) is 0.644. The van der Waals surface area contributed by atoms with Gasteiger partial charge in [-0.25, -0.2) is 0 Å². The number of hydrogen-bond acceptors (Lipinski definition) is 5. The molecule has 0 bridgehead atoms. The van der Waals surface area contributed by atoms with E-state index in [0.717, 1.165) is 6.08 Å². The normalized spacial score (nSPS) is 11.6. The Bertz CT molecular complexity index is 256. The van der Waals surface area contributed by atoms with E-state index in [9.17, 15) is 14.4 Å². The summed E-state index contributed by atoms with van der Waals surface area (Å²) in [5, 5.41) is 9.02. The van der Waals surface area contributed by atoms with Crippen LogP contribution in [-0.2, 0) is 19.1 Å². The van der Waals surface area contributed by atoms with Crippen molar-refractivity contribution in [3.8, 4) is 0 Å². The highest BCUT2D eigenvalue weighted by molar-refractivity contribution is 5.95. The van der Waals surface area contributed by atoms with E-state index in [0.29, 0.717) is 0 Å². The molecule has 14 heavy (non-hydrogen) atoms. The van der Waals surface area contributed by atoms with Crippen molar-refractivity contribution in [3.63, 3.8) is 0 Å². The number of aliphatic hydroxyl groups excluding tert-OH is 1. The van der Waals surface area contributed by atoms with Crippen LogP contribution in [0.25, 0.3) is 0 Å². The molecule has 0 radical (unpaired) electrons. The van der Waals surface area contributed by atoms with Gasteiger partial charge in [-0.3, -0.25) is 14.4 Å². The lowest BCUT2D eigenvalue weighted by Gasteiger charge is -2.07. The number of ketones is 2. The van der Waals surface area contributed by atoms with Crippen molar-refractivity contribution in [2.75, 3.05) is 6.61 Å². The number of carbonyl (C=O) groups excluding carboxylic acids is 3. The highest BCUT2D eigenvalue weighted by Crippen LogP contribution is 1.93. The van der Waals surface area contributed by atoms with E-state index in [4.69, 9.17) is 5.11 Å². The molecular weight excluding hydrogens is 188 g/mol. The number of ether oxygens (including phenoxy) is 1. The van der Waals surface area contributed by atoms with Crippen molar-refractivity contribution < 1.29 is 24.2 Å². The molecule has 1 N–H and O–H groups in total. The van der Waals surface area contributed by atoms with Crippen LogP contribution in [0.15, 0.2) is 12.7 Å². The van der Waals surface area contributed by atoms with Crippen LogP contribution in [0, 0.1) is 0 Å². The second kappa shape index (κ2) is 6.04. The Morgan fingerprint density at radius 1 is 1.50 bits per heavy atom. The van der Waals surface area contributed by atoms with E-state index >= 15 is 0 Å². The Kier molecular flexibility index (Phi) is 5.40. The van der Waals surface area contributed by atoms with E-state index in [1.807, 2.05) is 0 Å². The molecule has 0 saturated carbocycles. The first-order valence-corrected chi connectivity index (χ1v) is 3.96. The number of carbonyl (C=O) groups is 3.